The molecule has 0 aromatic heterocycles. The Labute approximate surface area is 273 Å². The quantitative estimate of drug-likeness (QED) is 0.0876. The lowest BCUT2D eigenvalue weighted by Gasteiger charge is -2.59. The van der Waals surface area contributed by atoms with Gasteiger partial charge in [0, 0.05) is 0 Å². The van der Waals surface area contributed by atoms with E-state index in [1.54, 1.807) is 0 Å². The van der Waals surface area contributed by atoms with E-state index in [-0.39, 0.29) is 52.4 Å². The summed E-state index contributed by atoms with van der Waals surface area (Å²) in [6.45, 7) is 17.8. The third kappa shape index (κ3) is 10.6. The first kappa shape index (κ1) is 38.5. The maximum Gasteiger partial charge on any atom is 0.475 e. The van der Waals surface area contributed by atoms with Gasteiger partial charge in [-0.05, 0) is 76.0 Å². The van der Waals surface area contributed by atoms with Crippen LogP contribution in [0.3, 0.4) is 0 Å². The van der Waals surface area contributed by atoms with E-state index >= 15 is 0 Å². The average molecular weight is 683 g/mol. The molecule has 1 heterocycles. The van der Waals surface area contributed by atoms with Crippen molar-refractivity contribution < 1.29 is 41.5 Å². The third-order valence-corrected chi connectivity index (χ3v) is 12.3. The number of piperidine rings is 1. The van der Waals surface area contributed by atoms with Gasteiger partial charge in [-0.3, -0.25) is 27.1 Å². The monoisotopic (exact) mass is 682 g/mol. The van der Waals surface area contributed by atoms with Crippen LogP contribution in [0, 0.1) is 47.6 Å². The highest BCUT2D eigenvalue weighted by molar-refractivity contribution is 7.48. The summed E-state index contributed by atoms with van der Waals surface area (Å²) in [5.74, 6) is 0.675. The molecule has 1 aliphatic heterocycles. The summed E-state index contributed by atoms with van der Waals surface area (Å²) in [5, 5.41) is 33.5. The van der Waals surface area contributed by atoms with Crippen molar-refractivity contribution in [3.63, 3.8) is 0 Å². The first-order chi connectivity index (χ1) is 22.0. The highest BCUT2D eigenvalue weighted by Crippen LogP contribution is 2.58. The Morgan fingerprint density at radius 1 is 0.761 bits per heavy atom. The molecule has 0 aromatic rings. The number of nitriles is 2. The predicted octanol–water partition coefficient (Wildman–Crippen LogP) is 7.04. The van der Waals surface area contributed by atoms with Crippen molar-refractivity contribution in [1.29, 1.82) is 10.5 Å². The van der Waals surface area contributed by atoms with Crippen LogP contribution in [0.4, 0.5) is 0 Å². The normalized spacial score (nSPS) is 28.8. The predicted molar refractivity (Wildman–Crippen MR) is 165 cm³/mol. The molecule has 3 fully saturated rings. The molecule has 1 radical (unpaired) electrons. The minimum Gasteiger partial charge on any atom is -0.314 e. The molecule has 255 valence electrons. The zero-order chi connectivity index (χ0) is 33.7. The maximum absolute atomic E-state index is 14.4. The van der Waals surface area contributed by atoms with Crippen molar-refractivity contribution in [2.24, 2.45) is 11.8 Å². The Hall–Kier alpha value is -1.90. The van der Waals surface area contributed by atoms with Gasteiger partial charge in [-0.25, -0.2) is 22.3 Å². The van der Waals surface area contributed by atoms with Gasteiger partial charge >= 0.3 is 15.6 Å². The van der Waals surface area contributed by atoms with Crippen LogP contribution in [0.5, 0.6) is 0 Å². The third-order valence-electron chi connectivity index (χ3n) is 9.20. The van der Waals surface area contributed by atoms with Crippen LogP contribution in [0.15, 0.2) is 0 Å². The van der Waals surface area contributed by atoms with Crippen LogP contribution in [-0.4, -0.2) is 67.9 Å². The van der Waals surface area contributed by atoms with Crippen LogP contribution >= 0.6 is 15.6 Å². The number of hydrogen-bond acceptors (Lipinski definition) is 11. The topological polar surface area (TPSA) is 169 Å². The zero-order valence-electron chi connectivity index (χ0n) is 26.8. The van der Waals surface area contributed by atoms with E-state index in [0.717, 1.165) is 12.8 Å². The summed E-state index contributed by atoms with van der Waals surface area (Å²) in [4.78, 5) is 6.42. The highest BCUT2D eigenvalue weighted by Gasteiger charge is 2.58. The Morgan fingerprint density at radius 3 is 1.46 bits per heavy atom. The fraction of sp³-hybridized carbons (Fsp3) is 0.867. The average Bonchev–Trinajstić information content (AvgIpc) is 3.02. The first-order valence-electron chi connectivity index (χ1n) is 16.0. The van der Waals surface area contributed by atoms with E-state index < -0.39 is 38.9 Å². The van der Waals surface area contributed by atoms with Crippen molar-refractivity contribution >= 4 is 15.6 Å². The minimum atomic E-state index is -4.00. The van der Waals surface area contributed by atoms with E-state index in [1.807, 2.05) is 12.1 Å². The molecule has 14 nitrogen and oxygen atoms in total. The zero-order valence-corrected chi connectivity index (χ0v) is 28.6. The first-order valence-corrected chi connectivity index (χ1v) is 18.9. The molecule has 1 atom stereocenters. The van der Waals surface area contributed by atoms with Crippen LogP contribution < -0.4 is 0 Å². The molecule has 1 unspecified atom stereocenters. The van der Waals surface area contributed by atoms with Gasteiger partial charge in [-0.15, -0.1) is 10.3 Å². The van der Waals surface area contributed by atoms with Crippen LogP contribution in [-0.2, 0) is 41.5 Å². The van der Waals surface area contributed by atoms with Crippen molar-refractivity contribution in [2.45, 2.75) is 114 Å². The van der Waals surface area contributed by atoms with Crippen molar-refractivity contribution in [3.8, 4) is 12.1 Å². The number of phosphoric ester groups is 2. The van der Waals surface area contributed by atoms with Gasteiger partial charge in [-0.2, -0.15) is 10.5 Å². The van der Waals surface area contributed by atoms with Gasteiger partial charge in [0.15, 0.2) is 0 Å². The number of hydroxylamine groups is 2. The second kappa shape index (κ2) is 18.0. The summed E-state index contributed by atoms with van der Waals surface area (Å²) < 4.78 is 59.7. The number of phosphoric acid groups is 2. The van der Waals surface area contributed by atoms with Gasteiger partial charge in [0.25, 0.3) is 0 Å². The van der Waals surface area contributed by atoms with Gasteiger partial charge in [-0.1, -0.05) is 13.8 Å². The molecule has 2 saturated carbocycles. The Bertz CT molecular complexity index is 1100. The SMILES string of the molecule is [C-]#[N+]CCOP(=O)(OCC[N+]#[C-])OC1CCC2(CC1)CC(C(C)C)CC1(CCC(OP(=O)(OCCC#N)OCCC#N)CC1)N2[O]. The molecule has 0 N–H and O–H groups in total. The standard InChI is InChI=1S/C30H46N5O9P2/c1-25(2)26-23-29(11-7-27(8-12-29)43-45(37,39-19-5-15-31)40-20-6-16-32)35(36)30(24-26)13-9-28(10-14-30)44-46(38,41-21-17-33-3)42-22-18-34-4/h25-28H,5-14,17-24H2,1-2H3. The molecule has 1 saturated heterocycles. The second-order valence-corrected chi connectivity index (χ2v) is 15.8. The van der Waals surface area contributed by atoms with Crippen LogP contribution in [0.2, 0.25) is 0 Å². The van der Waals surface area contributed by atoms with Crippen LogP contribution in [0.1, 0.15) is 90.9 Å². The van der Waals surface area contributed by atoms with Crippen molar-refractivity contribution in [2.75, 3.05) is 39.5 Å². The molecule has 16 heteroatoms. The molecule has 3 aliphatic rings. The van der Waals surface area contributed by atoms with Crippen molar-refractivity contribution in [1.82, 2.24) is 5.06 Å². The number of nitrogens with zero attached hydrogens (tertiary/aromatic N) is 5. The minimum absolute atomic E-state index is 0.00298. The van der Waals surface area contributed by atoms with E-state index in [9.17, 15) is 14.3 Å². The largest absolute Gasteiger partial charge is 0.475 e. The number of hydrogen-bond donors (Lipinski definition) is 0. The summed E-state index contributed by atoms with van der Waals surface area (Å²) >= 11 is 0. The van der Waals surface area contributed by atoms with Gasteiger partial charge in [0.1, 0.15) is 13.2 Å². The molecular formula is C30H46N5O9P2. The molecule has 0 amide bonds. The lowest BCUT2D eigenvalue weighted by Crippen LogP contribution is -2.66. The second-order valence-electron chi connectivity index (χ2n) is 12.6. The van der Waals surface area contributed by atoms with E-state index in [2.05, 4.69) is 23.5 Å². The molecule has 46 heavy (non-hydrogen) atoms. The van der Waals surface area contributed by atoms with Gasteiger partial charge < -0.3 is 9.69 Å². The summed E-state index contributed by atoms with van der Waals surface area (Å²) in [6, 6.07) is 3.85. The fourth-order valence-electron chi connectivity index (χ4n) is 6.84. The summed E-state index contributed by atoms with van der Waals surface area (Å²) in [5.41, 5.74) is -1.23. The molecular weight excluding hydrogens is 636 g/mol. The molecule has 2 aliphatic carbocycles. The number of rotatable bonds is 17. The lowest BCUT2D eigenvalue weighted by molar-refractivity contribution is -0.329. The van der Waals surface area contributed by atoms with E-state index in [0.29, 0.717) is 63.2 Å². The smallest absolute Gasteiger partial charge is 0.314 e. The molecule has 2 spiro atoms. The Balaban J connectivity index is 1.69. The Morgan fingerprint density at radius 2 is 1.13 bits per heavy atom. The van der Waals surface area contributed by atoms with E-state index in [4.69, 9.17) is 50.8 Å². The molecule has 3 rings (SSSR count). The maximum atomic E-state index is 14.4. The fourth-order valence-corrected chi connectivity index (χ4v) is 9.62. The van der Waals surface area contributed by atoms with Gasteiger partial charge in [0.2, 0.25) is 13.1 Å². The Kier molecular flexibility index (Phi) is 15.1. The summed E-state index contributed by atoms with van der Waals surface area (Å²) in [7, 11) is -7.98. The lowest BCUT2D eigenvalue weighted by atomic mass is 9.61. The van der Waals surface area contributed by atoms with Crippen molar-refractivity contribution in [3.05, 3.63) is 22.8 Å². The van der Waals surface area contributed by atoms with E-state index in [1.165, 1.54) is 5.06 Å². The summed E-state index contributed by atoms with van der Waals surface area (Å²) in [6.07, 6.45) is 4.70. The molecule has 0 aromatic carbocycles. The molecule has 0 bridgehead atoms. The van der Waals surface area contributed by atoms with Crippen LogP contribution in [0.25, 0.3) is 9.69 Å². The highest BCUT2D eigenvalue weighted by atomic mass is 31.2. The van der Waals surface area contributed by atoms with Gasteiger partial charge in [0.05, 0.1) is 61.5 Å².